The quantitative estimate of drug-likeness (QED) is 0.896. The fraction of sp³-hybridized carbons (Fsp3) is 0.667. The van der Waals surface area contributed by atoms with Crippen LogP contribution in [0.4, 0.5) is 4.39 Å². The highest BCUT2D eigenvalue weighted by atomic mass is 19.1. The van der Waals surface area contributed by atoms with E-state index >= 15 is 0 Å². The fourth-order valence-corrected chi connectivity index (χ4v) is 3.39. The molecular weight excluding hydrogens is 309 g/mol. The molecule has 0 saturated carbocycles. The maximum absolute atomic E-state index is 14.0. The van der Waals surface area contributed by atoms with Gasteiger partial charge in [-0.3, -0.25) is 14.7 Å². The maximum atomic E-state index is 14.0. The molecule has 2 atom stereocenters. The molecular formula is C18H28FN3O2. The Balaban J connectivity index is 2.22. The van der Waals surface area contributed by atoms with Gasteiger partial charge in [-0.25, -0.2) is 4.39 Å². The first kappa shape index (κ1) is 18.8. The molecule has 1 aromatic heterocycles. The summed E-state index contributed by atoms with van der Waals surface area (Å²) in [7, 11) is 0. The summed E-state index contributed by atoms with van der Waals surface area (Å²) in [6.07, 6.45) is 4.18. The van der Waals surface area contributed by atoms with Crippen LogP contribution in [-0.4, -0.2) is 63.1 Å². The lowest BCUT2D eigenvalue weighted by atomic mass is 9.98. The second kappa shape index (κ2) is 7.57. The summed E-state index contributed by atoms with van der Waals surface area (Å²) in [5.74, 6) is -0.854. The molecule has 0 aliphatic carbocycles. The first-order chi connectivity index (χ1) is 11.3. The number of rotatable bonds is 5. The SMILES string of the molecule is CC[C@@H]1CN(C(=O)c2ccncc2F)[C@@H](CC)CN1CC(C)(C)O. The third kappa shape index (κ3) is 4.30. The number of amides is 1. The minimum Gasteiger partial charge on any atom is -0.389 e. The lowest BCUT2D eigenvalue weighted by molar-refractivity contribution is -0.0238. The molecule has 2 heterocycles. The van der Waals surface area contributed by atoms with Crippen molar-refractivity contribution >= 4 is 5.91 Å². The zero-order valence-corrected chi connectivity index (χ0v) is 15.0. The van der Waals surface area contributed by atoms with Crippen molar-refractivity contribution in [2.45, 2.75) is 58.2 Å². The van der Waals surface area contributed by atoms with Gasteiger partial charge in [0.2, 0.25) is 0 Å². The minimum absolute atomic E-state index is 0.00946. The van der Waals surface area contributed by atoms with E-state index in [-0.39, 0.29) is 23.6 Å². The van der Waals surface area contributed by atoms with Gasteiger partial charge in [-0.05, 0) is 32.8 Å². The topological polar surface area (TPSA) is 56.7 Å². The highest BCUT2D eigenvalue weighted by Gasteiger charge is 2.37. The third-order valence-electron chi connectivity index (χ3n) is 4.61. The summed E-state index contributed by atoms with van der Waals surface area (Å²) in [4.78, 5) is 20.6. The largest absolute Gasteiger partial charge is 0.389 e. The van der Waals surface area contributed by atoms with Crippen LogP contribution < -0.4 is 0 Å². The zero-order valence-electron chi connectivity index (χ0n) is 15.0. The molecule has 2 rings (SSSR count). The number of carbonyl (C=O) groups excluding carboxylic acids is 1. The molecule has 0 spiro atoms. The second-order valence-corrected chi connectivity index (χ2v) is 7.18. The smallest absolute Gasteiger partial charge is 0.257 e. The van der Waals surface area contributed by atoms with E-state index in [1.54, 1.807) is 18.7 Å². The summed E-state index contributed by atoms with van der Waals surface area (Å²) in [6, 6.07) is 1.61. The van der Waals surface area contributed by atoms with E-state index in [0.29, 0.717) is 19.6 Å². The zero-order chi connectivity index (χ0) is 17.9. The summed E-state index contributed by atoms with van der Waals surface area (Å²) in [6.45, 7) is 9.50. The molecule has 5 nitrogen and oxygen atoms in total. The predicted molar refractivity (Wildman–Crippen MR) is 91.3 cm³/mol. The normalized spacial score (nSPS) is 22.7. The minimum atomic E-state index is -0.783. The van der Waals surface area contributed by atoms with Crippen molar-refractivity contribution in [3.05, 3.63) is 29.8 Å². The number of hydrogen-bond donors (Lipinski definition) is 1. The highest BCUT2D eigenvalue weighted by molar-refractivity contribution is 5.94. The molecule has 1 fully saturated rings. The standard InChI is InChI=1S/C18H28FN3O2/c1-5-13-11-22(17(23)15-7-8-20-9-16(15)19)14(6-2)10-21(13)12-18(3,4)24/h7-9,13-14,24H,5-6,10-12H2,1-4H3/t13-,14+/m1/s1. The molecule has 0 radical (unpaired) electrons. The first-order valence-corrected chi connectivity index (χ1v) is 8.63. The van der Waals surface area contributed by atoms with Crippen molar-refractivity contribution < 1.29 is 14.3 Å². The van der Waals surface area contributed by atoms with Crippen LogP contribution >= 0.6 is 0 Å². The van der Waals surface area contributed by atoms with E-state index in [4.69, 9.17) is 0 Å². The number of aliphatic hydroxyl groups is 1. The number of β-amino-alcohol motifs (C(OH)–C–C–N with tert-alkyl or cyclic N) is 1. The Hall–Kier alpha value is -1.53. The molecule has 1 aliphatic rings. The Bertz CT molecular complexity index is 574. The molecule has 1 aromatic rings. The van der Waals surface area contributed by atoms with Crippen LogP contribution in [-0.2, 0) is 0 Å². The molecule has 0 aromatic carbocycles. The fourth-order valence-electron chi connectivity index (χ4n) is 3.39. The van der Waals surface area contributed by atoms with Crippen molar-refractivity contribution in [1.29, 1.82) is 0 Å². The number of nitrogens with zero attached hydrogens (tertiary/aromatic N) is 3. The van der Waals surface area contributed by atoms with E-state index in [1.807, 2.05) is 6.92 Å². The summed E-state index contributed by atoms with van der Waals surface area (Å²) < 4.78 is 14.0. The van der Waals surface area contributed by atoms with Crippen molar-refractivity contribution in [3.8, 4) is 0 Å². The van der Waals surface area contributed by atoms with Gasteiger partial charge in [0.25, 0.3) is 5.91 Å². The lowest BCUT2D eigenvalue weighted by Gasteiger charge is -2.47. The van der Waals surface area contributed by atoms with Gasteiger partial charge in [-0.15, -0.1) is 0 Å². The van der Waals surface area contributed by atoms with Crippen LogP contribution in [0.2, 0.25) is 0 Å². The van der Waals surface area contributed by atoms with Gasteiger partial charge in [0, 0.05) is 37.9 Å². The van der Waals surface area contributed by atoms with Gasteiger partial charge in [0.15, 0.2) is 5.82 Å². The number of piperazine rings is 1. The number of carbonyl (C=O) groups is 1. The Morgan fingerprint density at radius 3 is 2.54 bits per heavy atom. The predicted octanol–water partition coefficient (Wildman–Crippen LogP) is 2.31. The molecule has 134 valence electrons. The second-order valence-electron chi connectivity index (χ2n) is 7.18. The van der Waals surface area contributed by atoms with Crippen LogP contribution in [0.5, 0.6) is 0 Å². The molecule has 1 amide bonds. The van der Waals surface area contributed by atoms with Gasteiger partial charge < -0.3 is 10.0 Å². The Labute approximate surface area is 143 Å². The van der Waals surface area contributed by atoms with Gasteiger partial charge in [0.1, 0.15) is 0 Å². The lowest BCUT2D eigenvalue weighted by Crippen LogP contribution is -2.61. The van der Waals surface area contributed by atoms with Gasteiger partial charge >= 0.3 is 0 Å². The molecule has 0 bridgehead atoms. The van der Waals surface area contributed by atoms with E-state index in [1.165, 1.54) is 12.3 Å². The van der Waals surface area contributed by atoms with Crippen LogP contribution in [0.3, 0.4) is 0 Å². The number of hydrogen-bond acceptors (Lipinski definition) is 4. The van der Waals surface area contributed by atoms with E-state index < -0.39 is 11.4 Å². The molecule has 6 heteroatoms. The van der Waals surface area contributed by atoms with Gasteiger partial charge in [-0.1, -0.05) is 13.8 Å². The molecule has 1 aliphatic heterocycles. The van der Waals surface area contributed by atoms with Crippen LogP contribution in [0.15, 0.2) is 18.5 Å². The van der Waals surface area contributed by atoms with Crippen molar-refractivity contribution in [3.63, 3.8) is 0 Å². The summed E-state index contributed by atoms with van der Waals surface area (Å²) in [5, 5.41) is 10.2. The summed E-state index contributed by atoms with van der Waals surface area (Å²) in [5.41, 5.74) is -0.705. The Kier molecular flexibility index (Phi) is 5.93. The van der Waals surface area contributed by atoms with E-state index in [9.17, 15) is 14.3 Å². The summed E-state index contributed by atoms with van der Waals surface area (Å²) >= 11 is 0. The first-order valence-electron chi connectivity index (χ1n) is 8.63. The third-order valence-corrected chi connectivity index (χ3v) is 4.61. The van der Waals surface area contributed by atoms with Gasteiger partial charge in [0.05, 0.1) is 17.4 Å². The average Bonchev–Trinajstić information content (AvgIpc) is 2.52. The number of halogens is 1. The van der Waals surface area contributed by atoms with E-state index in [0.717, 1.165) is 19.0 Å². The Morgan fingerprint density at radius 1 is 1.33 bits per heavy atom. The van der Waals surface area contributed by atoms with Crippen LogP contribution in [0.25, 0.3) is 0 Å². The highest BCUT2D eigenvalue weighted by Crippen LogP contribution is 2.24. The Morgan fingerprint density at radius 2 is 2.00 bits per heavy atom. The van der Waals surface area contributed by atoms with Crippen LogP contribution in [0, 0.1) is 5.82 Å². The molecule has 0 unspecified atom stereocenters. The van der Waals surface area contributed by atoms with Crippen molar-refractivity contribution in [2.75, 3.05) is 19.6 Å². The van der Waals surface area contributed by atoms with Crippen LogP contribution in [0.1, 0.15) is 50.9 Å². The maximum Gasteiger partial charge on any atom is 0.257 e. The average molecular weight is 337 g/mol. The van der Waals surface area contributed by atoms with Gasteiger partial charge in [-0.2, -0.15) is 0 Å². The molecule has 1 saturated heterocycles. The van der Waals surface area contributed by atoms with Crippen molar-refractivity contribution in [1.82, 2.24) is 14.8 Å². The number of aromatic nitrogens is 1. The molecule has 1 N–H and O–H groups in total. The van der Waals surface area contributed by atoms with Crippen molar-refractivity contribution in [2.24, 2.45) is 0 Å². The molecule has 24 heavy (non-hydrogen) atoms. The monoisotopic (exact) mass is 337 g/mol. The van der Waals surface area contributed by atoms with E-state index in [2.05, 4.69) is 16.8 Å². The number of pyridine rings is 1.